The highest BCUT2D eigenvalue weighted by Crippen LogP contribution is 2.08. The lowest BCUT2D eigenvalue weighted by Gasteiger charge is -2.00. The van der Waals surface area contributed by atoms with Gasteiger partial charge in [-0.15, -0.1) is 0 Å². The van der Waals surface area contributed by atoms with Crippen molar-refractivity contribution < 1.29 is 17.4 Å². The number of aromatic amines is 1. The van der Waals surface area contributed by atoms with E-state index in [4.69, 9.17) is 0 Å². The summed E-state index contributed by atoms with van der Waals surface area (Å²) in [4.78, 5) is 24.6. The summed E-state index contributed by atoms with van der Waals surface area (Å²) in [6.45, 7) is 0. The fourth-order valence-electron chi connectivity index (χ4n) is 0.791. The molecule has 0 aromatic carbocycles. The molecule has 82 valence electrons. The normalized spacial score (nSPS) is 11.1. The molecule has 0 aliphatic carbocycles. The van der Waals surface area contributed by atoms with Gasteiger partial charge in [0, 0.05) is 10.7 Å². The Labute approximate surface area is 93.5 Å². The molecule has 1 rings (SSSR count). The minimum atomic E-state index is -3.92. The molecular weight excluding hydrogens is 290 g/mol. The van der Waals surface area contributed by atoms with E-state index in [0.29, 0.717) is 4.47 Å². The molecule has 1 aromatic rings. The van der Waals surface area contributed by atoms with E-state index in [1.807, 2.05) is 0 Å². The number of rotatable bonds is 2. The predicted molar refractivity (Wildman–Crippen MR) is 55.0 cm³/mol. The van der Waals surface area contributed by atoms with E-state index in [2.05, 4.69) is 25.1 Å². The highest BCUT2D eigenvalue weighted by atomic mass is 79.9. The van der Waals surface area contributed by atoms with Crippen LogP contribution in [0.3, 0.4) is 0 Å². The number of halogens is 1. The van der Waals surface area contributed by atoms with E-state index < -0.39 is 21.6 Å². The largest absolute Gasteiger partial charge is 0.359 e. The summed E-state index contributed by atoms with van der Waals surface area (Å²) >= 11 is 3.02. The van der Waals surface area contributed by atoms with E-state index in [1.165, 1.54) is 12.3 Å². The van der Waals surface area contributed by atoms with Crippen molar-refractivity contribution in [2.45, 2.75) is 0 Å². The zero-order valence-electron chi connectivity index (χ0n) is 7.48. The number of carbonyl (C=O) groups excluding carboxylic acids is 1. The van der Waals surface area contributed by atoms with Crippen molar-refractivity contribution in [1.29, 1.82) is 0 Å². The second-order valence-corrected chi connectivity index (χ2v) is 5.13. The molecule has 0 radical (unpaired) electrons. The molecule has 0 aliphatic rings. The van der Waals surface area contributed by atoms with Crippen molar-refractivity contribution in [2.75, 3.05) is 6.26 Å². The molecule has 0 bridgehead atoms. The second-order valence-electron chi connectivity index (χ2n) is 2.64. The van der Waals surface area contributed by atoms with Gasteiger partial charge in [0.15, 0.2) is 0 Å². The van der Waals surface area contributed by atoms with Crippen LogP contribution in [0.4, 0.5) is 0 Å². The standard InChI is InChI=1S/C7H6BrNO5S/c1-15(12,13)14-7(11)5-2-4(8)3-9-6(5)10/h2-3H,1H3,(H,9,10). The van der Waals surface area contributed by atoms with Crippen molar-refractivity contribution >= 4 is 32.0 Å². The smallest absolute Gasteiger partial charge is 0.341 e. The van der Waals surface area contributed by atoms with Crippen molar-refractivity contribution in [3.63, 3.8) is 0 Å². The minimum absolute atomic E-state index is 0.380. The number of hydrogen-bond acceptors (Lipinski definition) is 5. The fourth-order valence-corrected chi connectivity index (χ4v) is 1.50. The Balaban J connectivity index is 3.12. The second kappa shape index (κ2) is 4.15. The van der Waals surface area contributed by atoms with Crippen molar-refractivity contribution in [3.05, 3.63) is 32.7 Å². The van der Waals surface area contributed by atoms with Crippen LogP contribution in [0.2, 0.25) is 0 Å². The first kappa shape index (κ1) is 11.9. The minimum Gasteiger partial charge on any atom is -0.341 e. The van der Waals surface area contributed by atoms with Crippen LogP contribution in [0.5, 0.6) is 0 Å². The maximum absolute atomic E-state index is 11.2. The van der Waals surface area contributed by atoms with Gasteiger partial charge in [0.1, 0.15) is 5.56 Å². The van der Waals surface area contributed by atoms with E-state index in [0.717, 1.165) is 6.26 Å². The molecule has 0 spiro atoms. The van der Waals surface area contributed by atoms with Gasteiger partial charge < -0.3 is 9.17 Å². The molecule has 0 saturated heterocycles. The molecule has 0 atom stereocenters. The zero-order chi connectivity index (χ0) is 11.6. The summed E-state index contributed by atoms with van der Waals surface area (Å²) in [5.74, 6) is -1.21. The average Bonchev–Trinajstić information content (AvgIpc) is 2.06. The number of hydrogen-bond donors (Lipinski definition) is 1. The molecule has 1 aromatic heterocycles. The van der Waals surface area contributed by atoms with Crippen molar-refractivity contribution in [1.82, 2.24) is 4.98 Å². The molecule has 0 aliphatic heterocycles. The quantitative estimate of drug-likeness (QED) is 0.790. The Kier molecular flexibility index (Phi) is 3.30. The lowest BCUT2D eigenvalue weighted by molar-refractivity contribution is 0.0746. The lowest BCUT2D eigenvalue weighted by Crippen LogP contribution is -2.21. The Morgan fingerprint density at radius 1 is 1.53 bits per heavy atom. The van der Waals surface area contributed by atoms with Crippen LogP contribution < -0.4 is 5.56 Å². The van der Waals surface area contributed by atoms with Gasteiger partial charge in [0.2, 0.25) is 0 Å². The van der Waals surface area contributed by atoms with Crippen LogP contribution in [0.15, 0.2) is 21.5 Å². The molecule has 1 N–H and O–H groups in total. The molecule has 6 nitrogen and oxygen atoms in total. The van der Waals surface area contributed by atoms with Gasteiger partial charge in [0.25, 0.3) is 5.56 Å². The third-order valence-corrected chi connectivity index (χ3v) is 2.23. The molecule has 8 heteroatoms. The summed E-state index contributed by atoms with van der Waals surface area (Å²) in [5.41, 5.74) is -1.10. The Hall–Kier alpha value is -1.15. The van der Waals surface area contributed by atoms with E-state index >= 15 is 0 Å². The van der Waals surface area contributed by atoms with Gasteiger partial charge in [-0.1, -0.05) is 0 Å². The van der Waals surface area contributed by atoms with Gasteiger partial charge in [-0.25, -0.2) is 4.79 Å². The maximum Gasteiger partial charge on any atom is 0.359 e. The van der Waals surface area contributed by atoms with Crippen LogP contribution in [-0.4, -0.2) is 25.6 Å². The average molecular weight is 296 g/mol. The lowest BCUT2D eigenvalue weighted by atomic mass is 10.3. The molecule has 0 saturated carbocycles. The Bertz CT molecular complexity index is 547. The number of nitrogens with one attached hydrogen (secondary N) is 1. The fraction of sp³-hybridized carbons (Fsp3) is 0.143. The first-order valence-corrected chi connectivity index (χ1v) is 6.22. The topological polar surface area (TPSA) is 93.3 Å². The first-order chi connectivity index (χ1) is 6.79. The SMILES string of the molecule is CS(=O)(=O)OC(=O)c1cc(Br)c[nH]c1=O. The number of H-pyrrole nitrogens is 1. The summed E-state index contributed by atoms with van der Waals surface area (Å²) in [7, 11) is -3.92. The monoisotopic (exact) mass is 295 g/mol. The first-order valence-electron chi connectivity index (χ1n) is 3.61. The molecule has 0 unspecified atom stereocenters. The summed E-state index contributed by atoms with van der Waals surface area (Å²) < 4.78 is 25.8. The van der Waals surface area contributed by atoms with Crippen molar-refractivity contribution in [3.8, 4) is 0 Å². The van der Waals surface area contributed by atoms with Crippen LogP contribution in [-0.2, 0) is 14.3 Å². The molecule has 0 amide bonds. The molecule has 0 fully saturated rings. The van der Waals surface area contributed by atoms with Gasteiger partial charge >= 0.3 is 16.1 Å². The van der Waals surface area contributed by atoms with Gasteiger partial charge in [-0.3, -0.25) is 4.79 Å². The van der Waals surface area contributed by atoms with Crippen LogP contribution in [0.25, 0.3) is 0 Å². The Morgan fingerprint density at radius 2 is 2.13 bits per heavy atom. The Morgan fingerprint density at radius 3 is 2.67 bits per heavy atom. The molecular formula is C7H6BrNO5S. The van der Waals surface area contributed by atoms with Gasteiger partial charge in [-0.2, -0.15) is 8.42 Å². The summed E-state index contributed by atoms with van der Waals surface area (Å²) in [5, 5.41) is 0. The zero-order valence-corrected chi connectivity index (χ0v) is 9.88. The van der Waals surface area contributed by atoms with E-state index in [9.17, 15) is 18.0 Å². The number of pyridine rings is 1. The van der Waals surface area contributed by atoms with E-state index in [-0.39, 0.29) is 5.56 Å². The molecule has 15 heavy (non-hydrogen) atoms. The highest BCUT2D eigenvalue weighted by molar-refractivity contribution is 9.10. The van der Waals surface area contributed by atoms with Crippen molar-refractivity contribution in [2.24, 2.45) is 0 Å². The summed E-state index contributed by atoms with van der Waals surface area (Å²) in [6, 6.07) is 1.17. The van der Waals surface area contributed by atoms with Gasteiger partial charge in [-0.05, 0) is 22.0 Å². The van der Waals surface area contributed by atoms with Crippen LogP contribution in [0, 0.1) is 0 Å². The van der Waals surface area contributed by atoms with Gasteiger partial charge in [0.05, 0.1) is 6.26 Å². The molecule has 1 heterocycles. The number of carbonyl (C=O) groups is 1. The summed E-state index contributed by atoms with van der Waals surface area (Å²) in [6.07, 6.45) is 2.04. The third kappa shape index (κ3) is 3.48. The van der Waals surface area contributed by atoms with Crippen LogP contribution in [0.1, 0.15) is 10.4 Å². The van der Waals surface area contributed by atoms with Crippen LogP contribution >= 0.6 is 15.9 Å². The number of aromatic nitrogens is 1. The van der Waals surface area contributed by atoms with E-state index in [1.54, 1.807) is 0 Å². The third-order valence-electron chi connectivity index (χ3n) is 1.31. The predicted octanol–water partition coefficient (Wildman–Crippen LogP) is 0.254. The maximum atomic E-state index is 11.2. The highest BCUT2D eigenvalue weighted by Gasteiger charge is 2.17.